The lowest BCUT2D eigenvalue weighted by molar-refractivity contribution is -0.137. The summed E-state index contributed by atoms with van der Waals surface area (Å²) < 4.78 is 19.0. The number of carboxylic acids is 1. The highest BCUT2D eigenvalue weighted by Gasteiger charge is 2.25. The van der Waals surface area contributed by atoms with Crippen LogP contribution in [0.15, 0.2) is 18.2 Å². The van der Waals surface area contributed by atoms with Gasteiger partial charge in [0.1, 0.15) is 11.4 Å². The van der Waals surface area contributed by atoms with E-state index < -0.39 is 35.9 Å². The van der Waals surface area contributed by atoms with Crippen molar-refractivity contribution in [2.45, 2.75) is 38.8 Å². The van der Waals surface area contributed by atoms with Crippen LogP contribution in [0.25, 0.3) is 0 Å². The summed E-state index contributed by atoms with van der Waals surface area (Å²) in [4.78, 5) is 22.6. The van der Waals surface area contributed by atoms with Crippen molar-refractivity contribution < 1.29 is 23.8 Å². The van der Waals surface area contributed by atoms with E-state index in [-0.39, 0.29) is 10.6 Å². The van der Waals surface area contributed by atoms with E-state index in [0.717, 1.165) is 0 Å². The van der Waals surface area contributed by atoms with Crippen LogP contribution in [0.4, 0.5) is 9.18 Å². The fraction of sp³-hybridized carbons (Fsp3) is 0.429. The molecule has 0 radical (unpaired) electrons. The Kier molecular flexibility index (Phi) is 5.54. The molecule has 0 aliphatic rings. The standard InChI is InChI=1S/C14H17ClFNO4/c1-14(2,3)21-13(20)17-10(7-11(18)19)8-5-4-6-9(15)12(8)16/h4-6,10H,7H2,1-3H3,(H,17,20)(H,18,19)/t10-/m0/s1. The Balaban J connectivity index is 2.98. The van der Waals surface area contributed by atoms with Crippen molar-refractivity contribution in [2.24, 2.45) is 0 Å². The first kappa shape index (κ1) is 17.2. The molecule has 1 rings (SSSR count). The molecule has 7 heteroatoms. The quantitative estimate of drug-likeness (QED) is 0.891. The minimum atomic E-state index is -1.18. The summed E-state index contributed by atoms with van der Waals surface area (Å²) in [5, 5.41) is 11.1. The van der Waals surface area contributed by atoms with Gasteiger partial charge in [-0.2, -0.15) is 0 Å². The van der Waals surface area contributed by atoms with Crippen LogP contribution >= 0.6 is 11.6 Å². The molecular weight excluding hydrogens is 301 g/mol. The number of hydrogen-bond donors (Lipinski definition) is 2. The third-order valence-corrected chi connectivity index (χ3v) is 2.72. The predicted molar refractivity (Wildman–Crippen MR) is 75.8 cm³/mol. The highest BCUT2D eigenvalue weighted by Crippen LogP contribution is 2.26. The Morgan fingerprint density at radius 3 is 2.57 bits per heavy atom. The van der Waals surface area contributed by atoms with E-state index in [4.69, 9.17) is 21.4 Å². The maximum atomic E-state index is 14.0. The molecule has 0 saturated carbocycles. The van der Waals surface area contributed by atoms with Gasteiger partial charge < -0.3 is 15.2 Å². The average molecular weight is 318 g/mol. The number of rotatable bonds is 4. The van der Waals surface area contributed by atoms with Crippen molar-refractivity contribution in [3.05, 3.63) is 34.6 Å². The molecule has 0 saturated heterocycles. The summed E-state index contributed by atoms with van der Waals surface area (Å²) in [6.45, 7) is 5.00. The molecule has 1 aromatic carbocycles. The zero-order valence-electron chi connectivity index (χ0n) is 11.9. The van der Waals surface area contributed by atoms with Gasteiger partial charge in [-0.25, -0.2) is 9.18 Å². The summed E-state index contributed by atoms with van der Waals surface area (Å²) in [7, 11) is 0. The van der Waals surface area contributed by atoms with Gasteiger partial charge in [0.05, 0.1) is 17.5 Å². The van der Waals surface area contributed by atoms with Crippen molar-refractivity contribution >= 4 is 23.7 Å². The summed E-state index contributed by atoms with van der Waals surface area (Å²) in [6, 6.07) is 3.11. The number of hydrogen-bond acceptors (Lipinski definition) is 3. The monoisotopic (exact) mass is 317 g/mol. The summed E-state index contributed by atoms with van der Waals surface area (Å²) in [5.41, 5.74) is -0.749. The molecule has 116 valence electrons. The van der Waals surface area contributed by atoms with Crippen LogP contribution in [-0.2, 0) is 9.53 Å². The fourth-order valence-electron chi connectivity index (χ4n) is 1.65. The fourth-order valence-corrected chi connectivity index (χ4v) is 1.83. The van der Waals surface area contributed by atoms with E-state index in [2.05, 4.69) is 5.32 Å². The van der Waals surface area contributed by atoms with Gasteiger partial charge in [-0.3, -0.25) is 4.79 Å². The normalized spacial score (nSPS) is 12.6. The first-order valence-corrected chi connectivity index (χ1v) is 6.63. The van der Waals surface area contributed by atoms with E-state index >= 15 is 0 Å². The van der Waals surface area contributed by atoms with E-state index in [1.165, 1.54) is 18.2 Å². The number of alkyl carbamates (subject to hydrolysis) is 1. The molecule has 0 heterocycles. The molecule has 21 heavy (non-hydrogen) atoms. The summed E-state index contributed by atoms with van der Waals surface area (Å²) in [6.07, 6.45) is -1.32. The van der Waals surface area contributed by atoms with Crippen molar-refractivity contribution in [3.63, 3.8) is 0 Å². The van der Waals surface area contributed by atoms with Crippen LogP contribution in [-0.4, -0.2) is 22.8 Å². The van der Waals surface area contributed by atoms with Gasteiger partial charge in [-0.15, -0.1) is 0 Å². The van der Waals surface area contributed by atoms with Crippen LogP contribution in [0, 0.1) is 5.82 Å². The Morgan fingerprint density at radius 1 is 1.43 bits per heavy atom. The van der Waals surface area contributed by atoms with Crippen LogP contribution in [0.2, 0.25) is 5.02 Å². The molecule has 0 spiro atoms. The topological polar surface area (TPSA) is 75.6 Å². The highest BCUT2D eigenvalue weighted by molar-refractivity contribution is 6.30. The SMILES string of the molecule is CC(C)(C)OC(=O)N[C@@H](CC(=O)O)c1cccc(Cl)c1F. The average Bonchev–Trinajstić information content (AvgIpc) is 2.28. The number of amides is 1. The first-order chi connectivity index (χ1) is 9.60. The second-order valence-electron chi connectivity index (χ2n) is 5.44. The molecule has 0 fully saturated rings. The lowest BCUT2D eigenvalue weighted by atomic mass is 10.0. The number of carbonyl (C=O) groups excluding carboxylic acids is 1. The van der Waals surface area contributed by atoms with Gasteiger partial charge in [0.2, 0.25) is 0 Å². The molecule has 0 bridgehead atoms. The molecule has 0 aromatic heterocycles. The van der Waals surface area contributed by atoms with E-state index in [9.17, 15) is 14.0 Å². The van der Waals surface area contributed by atoms with Gasteiger partial charge >= 0.3 is 12.1 Å². The number of carbonyl (C=O) groups is 2. The number of halogens is 2. The predicted octanol–water partition coefficient (Wildman–Crippen LogP) is 3.52. The number of benzene rings is 1. The van der Waals surface area contributed by atoms with Gasteiger partial charge in [0.15, 0.2) is 0 Å². The Hall–Kier alpha value is -1.82. The van der Waals surface area contributed by atoms with E-state index in [0.29, 0.717) is 0 Å². The molecule has 1 aromatic rings. The third kappa shape index (κ3) is 5.59. The zero-order valence-corrected chi connectivity index (χ0v) is 12.7. The molecule has 1 amide bonds. The van der Waals surface area contributed by atoms with Crippen molar-refractivity contribution in [1.29, 1.82) is 0 Å². The van der Waals surface area contributed by atoms with Crippen LogP contribution in [0.1, 0.15) is 38.8 Å². The lowest BCUT2D eigenvalue weighted by Crippen LogP contribution is -2.36. The minimum Gasteiger partial charge on any atom is -0.481 e. The molecule has 0 aliphatic carbocycles. The maximum absolute atomic E-state index is 14.0. The smallest absolute Gasteiger partial charge is 0.408 e. The molecule has 2 N–H and O–H groups in total. The van der Waals surface area contributed by atoms with E-state index in [1.54, 1.807) is 20.8 Å². The van der Waals surface area contributed by atoms with Gasteiger partial charge in [0.25, 0.3) is 0 Å². The van der Waals surface area contributed by atoms with Crippen molar-refractivity contribution in [3.8, 4) is 0 Å². The summed E-state index contributed by atoms with van der Waals surface area (Å²) >= 11 is 5.67. The van der Waals surface area contributed by atoms with Crippen LogP contribution in [0.3, 0.4) is 0 Å². The first-order valence-electron chi connectivity index (χ1n) is 6.25. The Bertz CT molecular complexity index is 542. The van der Waals surface area contributed by atoms with Gasteiger partial charge in [0, 0.05) is 5.56 Å². The van der Waals surface area contributed by atoms with Gasteiger partial charge in [-0.05, 0) is 26.8 Å². The van der Waals surface area contributed by atoms with Crippen molar-refractivity contribution in [2.75, 3.05) is 0 Å². The van der Waals surface area contributed by atoms with Crippen molar-refractivity contribution in [1.82, 2.24) is 5.32 Å². The Labute approximate surface area is 127 Å². The van der Waals surface area contributed by atoms with E-state index in [1.807, 2.05) is 0 Å². The molecule has 0 aliphatic heterocycles. The highest BCUT2D eigenvalue weighted by atomic mass is 35.5. The van der Waals surface area contributed by atoms with Crippen LogP contribution < -0.4 is 5.32 Å². The molecule has 5 nitrogen and oxygen atoms in total. The number of ether oxygens (including phenoxy) is 1. The summed E-state index contributed by atoms with van der Waals surface area (Å²) in [5.74, 6) is -1.95. The van der Waals surface area contributed by atoms with Crippen LogP contribution in [0.5, 0.6) is 0 Å². The largest absolute Gasteiger partial charge is 0.481 e. The number of aliphatic carboxylic acids is 1. The second-order valence-corrected chi connectivity index (χ2v) is 5.85. The maximum Gasteiger partial charge on any atom is 0.408 e. The second kappa shape index (κ2) is 6.76. The molecular formula is C14H17ClFNO4. The molecule has 0 unspecified atom stereocenters. The minimum absolute atomic E-state index is 0.00393. The number of carboxylic acid groups (broad SMARTS) is 1. The lowest BCUT2D eigenvalue weighted by Gasteiger charge is -2.23. The zero-order chi connectivity index (χ0) is 16.2. The number of nitrogens with one attached hydrogen (secondary N) is 1. The van der Waals surface area contributed by atoms with Gasteiger partial charge in [-0.1, -0.05) is 23.7 Å². The Morgan fingerprint density at radius 2 is 2.05 bits per heavy atom. The third-order valence-electron chi connectivity index (χ3n) is 2.43. The molecule has 1 atom stereocenters.